The van der Waals surface area contributed by atoms with Crippen molar-refractivity contribution in [2.75, 3.05) is 6.61 Å². The van der Waals surface area contributed by atoms with Gasteiger partial charge >= 0.3 is 0 Å². The van der Waals surface area contributed by atoms with Crippen molar-refractivity contribution < 1.29 is 10.2 Å². The molecule has 0 saturated heterocycles. The van der Waals surface area contributed by atoms with E-state index in [4.69, 9.17) is 0 Å². The summed E-state index contributed by atoms with van der Waals surface area (Å²) in [4.78, 5) is 0. The van der Waals surface area contributed by atoms with Crippen LogP contribution in [0.2, 0.25) is 0 Å². The number of aliphatic hydroxyl groups is 2. The number of allylic oxidation sites excluding steroid dienone is 1. The second kappa shape index (κ2) is 7.09. The van der Waals surface area contributed by atoms with Crippen LogP contribution in [0.15, 0.2) is 12.2 Å². The lowest BCUT2D eigenvalue weighted by Gasteiger charge is -2.73. The van der Waals surface area contributed by atoms with Crippen LogP contribution in [0.1, 0.15) is 106 Å². The molecule has 0 aliphatic heterocycles. The van der Waals surface area contributed by atoms with Gasteiger partial charge in [0.1, 0.15) is 0 Å². The standard InChI is InChI=1S/C30H50O2/c1-19(2)20-10-15-30(18-31)17-16-28(6)21(25(20)30)8-9-23-27(5)13-12-24(32)26(3,4)22(27)11-14-29(23,28)7/h20-25,31-32H,1,8-18H2,2-7H3/t20-,21+,22-,23+,24-,25+,27-,28+,29+,30?/m0/s1. The topological polar surface area (TPSA) is 40.5 Å². The molecule has 2 nitrogen and oxygen atoms in total. The molecule has 5 fully saturated rings. The van der Waals surface area contributed by atoms with Crippen LogP contribution >= 0.6 is 0 Å². The highest BCUT2D eigenvalue weighted by Crippen LogP contribution is 2.77. The SMILES string of the molecule is C=C(C)[C@@H]1CCC2(CO)CC[C@]3(C)[C@H](CC[C@@H]4[C@@]5(C)CC[C@H](O)C(C)(C)[C@@H]5CC[C@]43C)[C@@H]12. The van der Waals surface area contributed by atoms with Gasteiger partial charge in [0.15, 0.2) is 0 Å². The van der Waals surface area contributed by atoms with Crippen molar-refractivity contribution in [3.05, 3.63) is 12.2 Å². The van der Waals surface area contributed by atoms with Crippen molar-refractivity contribution in [3.63, 3.8) is 0 Å². The third-order valence-corrected chi connectivity index (χ3v) is 13.5. The molecule has 5 saturated carbocycles. The zero-order valence-electron chi connectivity index (χ0n) is 21.8. The Hall–Kier alpha value is -0.340. The molecule has 182 valence electrons. The molecule has 5 aliphatic rings. The molecule has 0 bridgehead atoms. The van der Waals surface area contributed by atoms with Gasteiger partial charge in [-0.25, -0.2) is 0 Å². The van der Waals surface area contributed by atoms with E-state index in [1.807, 2.05) is 0 Å². The Kier molecular flexibility index (Phi) is 5.19. The van der Waals surface area contributed by atoms with E-state index in [1.54, 1.807) is 0 Å². The Balaban J connectivity index is 1.55. The van der Waals surface area contributed by atoms with Crippen molar-refractivity contribution in [2.24, 2.45) is 56.7 Å². The molecular weight excluding hydrogens is 392 g/mol. The Labute approximate surface area is 197 Å². The van der Waals surface area contributed by atoms with E-state index in [9.17, 15) is 10.2 Å². The highest BCUT2D eigenvalue weighted by molar-refractivity contribution is 5.21. The number of fused-ring (bicyclic) bond motifs is 7. The van der Waals surface area contributed by atoms with Crippen LogP contribution in [0.3, 0.4) is 0 Å². The van der Waals surface area contributed by atoms with Crippen LogP contribution in [-0.2, 0) is 0 Å². The fourth-order valence-electron chi connectivity index (χ4n) is 11.5. The lowest BCUT2D eigenvalue weighted by atomic mass is 9.32. The molecule has 2 N–H and O–H groups in total. The molecule has 1 unspecified atom stereocenters. The van der Waals surface area contributed by atoms with Gasteiger partial charge in [-0.1, -0.05) is 46.8 Å². The molecule has 0 amide bonds. The van der Waals surface area contributed by atoms with Gasteiger partial charge in [-0.05, 0) is 128 Å². The highest BCUT2D eigenvalue weighted by Gasteiger charge is 2.70. The zero-order valence-corrected chi connectivity index (χ0v) is 21.8. The Morgan fingerprint density at radius 1 is 0.812 bits per heavy atom. The molecule has 0 aromatic carbocycles. The number of aliphatic hydroxyl groups excluding tert-OH is 2. The fraction of sp³-hybridized carbons (Fsp3) is 0.933. The summed E-state index contributed by atoms with van der Waals surface area (Å²) in [5, 5.41) is 21.5. The van der Waals surface area contributed by atoms with Crippen molar-refractivity contribution in [1.29, 1.82) is 0 Å². The zero-order chi connectivity index (χ0) is 23.3. The Morgan fingerprint density at radius 3 is 2.19 bits per heavy atom. The van der Waals surface area contributed by atoms with E-state index in [0.29, 0.717) is 40.6 Å². The van der Waals surface area contributed by atoms with Crippen LogP contribution in [-0.4, -0.2) is 22.9 Å². The summed E-state index contributed by atoms with van der Waals surface area (Å²) in [7, 11) is 0. The summed E-state index contributed by atoms with van der Waals surface area (Å²) in [5.41, 5.74) is 2.60. The second-order valence-corrected chi connectivity index (χ2v) is 14.6. The average Bonchev–Trinajstić information content (AvgIpc) is 3.12. The predicted molar refractivity (Wildman–Crippen MR) is 132 cm³/mol. The van der Waals surface area contributed by atoms with Gasteiger partial charge in [-0.2, -0.15) is 0 Å². The molecular formula is C30H50O2. The van der Waals surface area contributed by atoms with Gasteiger partial charge in [-0.15, -0.1) is 0 Å². The molecule has 5 aliphatic carbocycles. The van der Waals surface area contributed by atoms with Crippen LogP contribution in [0.25, 0.3) is 0 Å². The first-order valence-corrected chi connectivity index (χ1v) is 13.8. The largest absolute Gasteiger partial charge is 0.396 e. The monoisotopic (exact) mass is 442 g/mol. The first-order chi connectivity index (χ1) is 14.9. The predicted octanol–water partition coefficient (Wildman–Crippen LogP) is 7.00. The summed E-state index contributed by atoms with van der Waals surface area (Å²) in [5.74, 6) is 3.33. The number of hydrogen-bond donors (Lipinski definition) is 2. The van der Waals surface area contributed by atoms with E-state index < -0.39 is 0 Å². The molecule has 0 radical (unpaired) electrons. The Morgan fingerprint density at radius 2 is 1.53 bits per heavy atom. The minimum atomic E-state index is -0.147. The maximum atomic E-state index is 10.9. The van der Waals surface area contributed by atoms with E-state index >= 15 is 0 Å². The third kappa shape index (κ3) is 2.66. The van der Waals surface area contributed by atoms with Crippen molar-refractivity contribution in [3.8, 4) is 0 Å². The molecule has 32 heavy (non-hydrogen) atoms. The van der Waals surface area contributed by atoms with Crippen LogP contribution in [0.5, 0.6) is 0 Å². The molecule has 10 atom stereocenters. The Bertz CT molecular complexity index is 786. The minimum absolute atomic E-state index is 0.0290. The maximum absolute atomic E-state index is 10.9. The summed E-state index contributed by atoms with van der Waals surface area (Å²) in [6, 6.07) is 0. The van der Waals surface area contributed by atoms with E-state index in [2.05, 4.69) is 48.1 Å². The molecule has 0 aromatic rings. The normalized spacial score (nSPS) is 56.5. The summed E-state index contributed by atoms with van der Waals surface area (Å²) < 4.78 is 0. The fourth-order valence-corrected chi connectivity index (χ4v) is 11.5. The molecule has 0 aromatic heterocycles. The first kappa shape index (κ1) is 23.4. The lowest BCUT2D eigenvalue weighted by Crippen LogP contribution is -2.66. The van der Waals surface area contributed by atoms with Gasteiger partial charge in [0.2, 0.25) is 0 Å². The highest BCUT2D eigenvalue weighted by atomic mass is 16.3. The van der Waals surface area contributed by atoms with Crippen LogP contribution in [0, 0.1) is 56.7 Å². The van der Waals surface area contributed by atoms with Crippen molar-refractivity contribution >= 4 is 0 Å². The second-order valence-electron chi connectivity index (χ2n) is 14.6. The van der Waals surface area contributed by atoms with Gasteiger partial charge in [-0.3, -0.25) is 0 Å². The molecule has 0 spiro atoms. The lowest BCUT2D eigenvalue weighted by molar-refractivity contribution is -0.249. The van der Waals surface area contributed by atoms with Gasteiger partial charge in [0.05, 0.1) is 6.10 Å². The minimum Gasteiger partial charge on any atom is -0.396 e. The van der Waals surface area contributed by atoms with Crippen LogP contribution < -0.4 is 0 Å². The average molecular weight is 443 g/mol. The quantitative estimate of drug-likeness (QED) is 0.452. The van der Waals surface area contributed by atoms with Crippen LogP contribution in [0.4, 0.5) is 0 Å². The summed E-state index contributed by atoms with van der Waals surface area (Å²) in [6.45, 7) is 19.7. The van der Waals surface area contributed by atoms with E-state index in [1.165, 1.54) is 63.4 Å². The van der Waals surface area contributed by atoms with Gasteiger partial charge < -0.3 is 10.2 Å². The van der Waals surface area contributed by atoms with E-state index in [-0.39, 0.29) is 16.9 Å². The maximum Gasteiger partial charge on any atom is 0.0594 e. The molecule has 2 heteroatoms. The van der Waals surface area contributed by atoms with Gasteiger partial charge in [0, 0.05) is 6.61 Å². The summed E-state index contributed by atoms with van der Waals surface area (Å²) in [6.07, 6.45) is 12.2. The molecule has 0 heterocycles. The third-order valence-electron chi connectivity index (χ3n) is 13.5. The molecule has 5 rings (SSSR count). The first-order valence-electron chi connectivity index (χ1n) is 13.8. The number of hydrogen-bond acceptors (Lipinski definition) is 2. The summed E-state index contributed by atoms with van der Waals surface area (Å²) >= 11 is 0. The van der Waals surface area contributed by atoms with Crippen molar-refractivity contribution in [1.82, 2.24) is 0 Å². The number of rotatable bonds is 2. The van der Waals surface area contributed by atoms with Crippen molar-refractivity contribution in [2.45, 2.75) is 112 Å². The van der Waals surface area contributed by atoms with E-state index in [0.717, 1.165) is 18.3 Å². The smallest absolute Gasteiger partial charge is 0.0594 e. The van der Waals surface area contributed by atoms with Gasteiger partial charge in [0.25, 0.3) is 0 Å².